The van der Waals surface area contributed by atoms with Crippen LogP contribution in [0.1, 0.15) is 10.4 Å². The first-order valence-corrected chi connectivity index (χ1v) is 8.64. The van der Waals surface area contributed by atoms with Crippen molar-refractivity contribution in [3.05, 3.63) is 57.8 Å². The highest BCUT2D eigenvalue weighted by Crippen LogP contribution is 2.28. The van der Waals surface area contributed by atoms with Crippen molar-refractivity contribution in [3.8, 4) is 0 Å². The predicted molar refractivity (Wildman–Crippen MR) is 104 cm³/mol. The number of carbonyl (C=O) groups excluding carboxylic acids is 3. The topological polar surface area (TPSA) is 102 Å². The number of carbonyl (C=O) groups is 3. The number of hydrogen-bond acceptors (Lipinski definition) is 5. The van der Waals surface area contributed by atoms with Crippen LogP contribution in [0.2, 0.25) is 10.0 Å². The molecule has 0 aliphatic heterocycles. The zero-order chi connectivity index (χ0) is 20.8. The molecule has 28 heavy (non-hydrogen) atoms. The number of anilines is 2. The lowest BCUT2D eigenvalue weighted by Crippen LogP contribution is -2.37. The molecule has 0 aliphatic carbocycles. The second-order valence-electron chi connectivity index (χ2n) is 5.73. The van der Waals surface area contributed by atoms with Gasteiger partial charge in [-0.15, -0.1) is 0 Å². The SMILES string of the molecule is CN(CC(=O)Nc1ccc(F)cc1)C(=O)COC(=O)c1cc(Cl)cc(Cl)c1N. The number of nitrogens with two attached hydrogens (primary N) is 1. The minimum Gasteiger partial charge on any atom is -0.452 e. The largest absolute Gasteiger partial charge is 0.452 e. The molecule has 0 saturated carbocycles. The second kappa shape index (κ2) is 9.38. The minimum absolute atomic E-state index is 0.0180. The first kappa shape index (κ1) is 21.5. The maximum atomic E-state index is 12.9. The molecule has 0 saturated heterocycles. The van der Waals surface area contributed by atoms with Gasteiger partial charge in [0.15, 0.2) is 6.61 Å². The number of hydrogen-bond donors (Lipinski definition) is 2. The maximum absolute atomic E-state index is 12.9. The molecule has 2 amide bonds. The Bertz CT molecular complexity index is 906. The molecule has 0 bridgehead atoms. The molecule has 7 nitrogen and oxygen atoms in total. The lowest BCUT2D eigenvalue weighted by molar-refractivity contribution is -0.136. The van der Waals surface area contributed by atoms with E-state index in [4.69, 9.17) is 33.7 Å². The van der Waals surface area contributed by atoms with Crippen molar-refractivity contribution in [3.63, 3.8) is 0 Å². The number of amides is 2. The van der Waals surface area contributed by atoms with E-state index in [1.165, 1.54) is 43.4 Å². The normalized spacial score (nSPS) is 10.3. The quantitative estimate of drug-likeness (QED) is 0.544. The fourth-order valence-electron chi connectivity index (χ4n) is 2.11. The number of rotatable bonds is 6. The molecule has 2 aromatic rings. The Kier molecular flexibility index (Phi) is 7.19. The van der Waals surface area contributed by atoms with Crippen molar-refractivity contribution in [2.45, 2.75) is 0 Å². The van der Waals surface area contributed by atoms with Crippen molar-refractivity contribution in [1.82, 2.24) is 4.90 Å². The smallest absolute Gasteiger partial charge is 0.340 e. The van der Waals surface area contributed by atoms with E-state index < -0.39 is 30.2 Å². The van der Waals surface area contributed by atoms with E-state index in [1.807, 2.05) is 0 Å². The molecule has 10 heteroatoms. The summed E-state index contributed by atoms with van der Waals surface area (Å²) < 4.78 is 17.8. The molecule has 0 spiro atoms. The Labute approximate surface area is 170 Å². The summed E-state index contributed by atoms with van der Waals surface area (Å²) in [5, 5.41) is 2.78. The summed E-state index contributed by atoms with van der Waals surface area (Å²) in [5.74, 6) is -2.43. The van der Waals surface area contributed by atoms with Crippen LogP contribution < -0.4 is 11.1 Å². The fourth-order valence-corrected chi connectivity index (χ4v) is 2.60. The molecule has 2 rings (SSSR count). The average Bonchev–Trinajstić information content (AvgIpc) is 2.64. The summed E-state index contributed by atoms with van der Waals surface area (Å²) in [6.07, 6.45) is 0. The highest BCUT2D eigenvalue weighted by molar-refractivity contribution is 6.37. The van der Waals surface area contributed by atoms with Gasteiger partial charge in [-0.2, -0.15) is 0 Å². The highest BCUT2D eigenvalue weighted by atomic mass is 35.5. The van der Waals surface area contributed by atoms with Gasteiger partial charge in [-0.3, -0.25) is 9.59 Å². The van der Waals surface area contributed by atoms with Gasteiger partial charge >= 0.3 is 5.97 Å². The third-order valence-electron chi connectivity index (χ3n) is 3.58. The number of ether oxygens (including phenoxy) is 1. The summed E-state index contributed by atoms with van der Waals surface area (Å²) in [5.41, 5.74) is 6.00. The van der Waals surface area contributed by atoms with Gasteiger partial charge in [-0.1, -0.05) is 23.2 Å². The summed E-state index contributed by atoms with van der Waals surface area (Å²) in [6, 6.07) is 7.80. The van der Waals surface area contributed by atoms with Gasteiger partial charge in [0.2, 0.25) is 5.91 Å². The van der Waals surface area contributed by atoms with Gasteiger partial charge in [-0.25, -0.2) is 9.18 Å². The van der Waals surface area contributed by atoms with E-state index in [0.717, 1.165) is 4.90 Å². The molecule has 0 aromatic heterocycles. The highest BCUT2D eigenvalue weighted by Gasteiger charge is 2.19. The summed E-state index contributed by atoms with van der Waals surface area (Å²) in [6.45, 7) is -0.901. The van der Waals surface area contributed by atoms with Gasteiger partial charge in [0, 0.05) is 17.8 Å². The third-order valence-corrected chi connectivity index (χ3v) is 4.11. The van der Waals surface area contributed by atoms with Gasteiger partial charge in [0.25, 0.3) is 5.91 Å². The maximum Gasteiger partial charge on any atom is 0.340 e. The van der Waals surface area contributed by atoms with Crippen LogP contribution in [0.4, 0.5) is 15.8 Å². The van der Waals surface area contributed by atoms with Crippen LogP contribution in [0.15, 0.2) is 36.4 Å². The second-order valence-corrected chi connectivity index (χ2v) is 6.57. The molecule has 0 heterocycles. The van der Waals surface area contributed by atoms with Crippen LogP contribution in [-0.4, -0.2) is 42.9 Å². The molecule has 0 aliphatic rings. The Morgan fingerprint density at radius 2 is 1.82 bits per heavy atom. The Hall–Kier alpha value is -2.84. The number of nitrogens with zero attached hydrogens (tertiary/aromatic N) is 1. The van der Waals surface area contributed by atoms with Crippen LogP contribution in [0.5, 0.6) is 0 Å². The van der Waals surface area contributed by atoms with Gasteiger partial charge in [-0.05, 0) is 36.4 Å². The number of benzene rings is 2. The number of likely N-dealkylation sites (N-methyl/N-ethyl adjacent to an activating group) is 1. The number of esters is 1. The van der Waals surface area contributed by atoms with Crippen LogP contribution in [0.25, 0.3) is 0 Å². The van der Waals surface area contributed by atoms with Crippen LogP contribution in [0, 0.1) is 5.82 Å². The Morgan fingerprint density at radius 3 is 2.46 bits per heavy atom. The lowest BCUT2D eigenvalue weighted by Gasteiger charge is -2.17. The molecule has 0 radical (unpaired) electrons. The van der Waals surface area contributed by atoms with E-state index in [9.17, 15) is 18.8 Å². The minimum atomic E-state index is -0.876. The van der Waals surface area contributed by atoms with Gasteiger partial charge < -0.3 is 20.7 Å². The monoisotopic (exact) mass is 427 g/mol. The molecule has 148 valence electrons. The summed E-state index contributed by atoms with van der Waals surface area (Å²) >= 11 is 11.7. The molecule has 0 atom stereocenters. The van der Waals surface area contributed by atoms with E-state index in [0.29, 0.717) is 5.69 Å². The molecule has 3 N–H and O–H groups in total. The van der Waals surface area contributed by atoms with E-state index in [2.05, 4.69) is 5.32 Å². The first-order valence-electron chi connectivity index (χ1n) is 7.88. The molecular weight excluding hydrogens is 412 g/mol. The fraction of sp³-hybridized carbons (Fsp3) is 0.167. The number of nitrogens with one attached hydrogen (secondary N) is 1. The Morgan fingerprint density at radius 1 is 1.18 bits per heavy atom. The number of nitrogen functional groups attached to an aromatic ring is 1. The lowest BCUT2D eigenvalue weighted by atomic mass is 10.2. The van der Waals surface area contributed by atoms with Gasteiger partial charge in [0.05, 0.1) is 22.8 Å². The van der Waals surface area contributed by atoms with Crippen molar-refractivity contribution >= 4 is 52.4 Å². The molecule has 0 fully saturated rings. The van der Waals surface area contributed by atoms with Crippen LogP contribution in [-0.2, 0) is 14.3 Å². The third kappa shape index (κ3) is 5.83. The molecule has 2 aromatic carbocycles. The standard InChI is InChI=1S/C18H16Cl2FN3O4/c1-24(8-15(25)23-12-4-2-11(21)3-5-12)16(26)9-28-18(27)13-6-10(19)7-14(20)17(13)22/h2-7H,8-9,22H2,1H3,(H,23,25). The molecular formula is C18H16Cl2FN3O4. The van der Waals surface area contributed by atoms with E-state index in [1.54, 1.807) is 0 Å². The number of halogens is 3. The van der Waals surface area contributed by atoms with Gasteiger partial charge in [0.1, 0.15) is 5.82 Å². The average molecular weight is 428 g/mol. The van der Waals surface area contributed by atoms with Crippen LogP contribution in [0.3, 0.4) is 0 Å². The zero-order valence-corrected chi connectivity index (χ0v) is 16.2. The van der Waals surface area contributed by atoms with E-state index >= 15 is 0 Å². The van der Waals surface area contributed by atoms with E-state index in [-0.39, 0.29) is 27.8 Å². The predicted octanol–water partition coefficient (Wildman–Crippen LogP) is 2.97. The van der Waals surface area contributed by atoms with Crippen molar-refractivity contribution in [2.24, 2.45) is 0 Å². The zero-order valence-electron chi connectivity index (χ0n) is 14.7. The molecule has 0 unspecified atom stereocenters. The Balaban J connectivity index is 1.87. The van der Waals surface area contributed by atoms with Crippen LogP contribution >= 0.6 is 23.2 Å². The van der Waals surface area contributed by atoms with Crippen molar-refractivity contribution < 1.29 is 23.5 Å². The first-order chi connectivity index (χ1) is 13.2. The van der Waals surface area contributed by atoms with Crippen molar-refractivity contribution in [2.75, 3.05) is 31.2 Å². The van der Waals surface area contributed by atoms with Crippen molar-refractivity contribution in [1.29, 1.82) is 0 Å². The summed E-state index contributed by atoms with van der Waals surface area (Å²) in [7, 11) is 1.37. The summed E-state index contributed by atoms with van der Waals surface area (Å²) in [4.78, 5) is 37.2.